The fourth-order valence-electron chi connectivity index (χ4n) is 2.55. The molecule has 0 heterocycles. The van der Waals surface area contributed by atoms with Crippen molar-refractivity contribution in [2.75, 3.05) is 0 Å². The average molecular weight is 357 g/mol. The van der Waals surface area contributed by atoms with Crippen LogP contribution in [0.3, 0.4) is 0 Å². The molecule has 0 aliphatic heterocycles. The summed E-state index contributed by atoms with van der Waals surface area (Å²) < 4.78 is 38.0. The van der Waals surface area contributed by atoms with Gasteiger partial charge >= 0.3 is 10.1 Å². The van der Waals surface area contributed by atoms with Gasteiger partial charge in [-0.3, -0.25) is 4.55 Å². The standard InChI is InChI=1S/C19H32O4S/c1-5-7-9-11-16-13-14-18(17(15-16)12-10-8-6-2)23-19(3,4)24(20,21)22/h13-15H,5-12H2,1-4H3,(H,20,21,22). The molecule has 0 atom stereocenters. The van der Waals surface area contributed by atoms with Gasteiger partial charge in [-0.1, -0.05) is 51.7 Å². The zero-order valence-corrected chi connectivity index (χ0v) is 16.3. The van der Waals surface area contributed by atoms with Crippen LogP contribution in [0.15, 0.2) is 18.2 Å². The summed E-state index contributed by atoms with van der Waals surface area (Å²) in [5.41, 5.74) is 2.28. The van der Waals surface area contributed by atoms with Crippen molar-refractivity contribution in [3.8, 4) is 5.75 Å². The Kier molecular flexibility index (Phi) is 8.23. The molecule has 0 aliphatic rings. The van der Waals surface area contributed by atoms with Gasteiger partial charge in [-0.25, -0.2) is 0 Å². The summed E-state index contributed by atoms with van der Waals surface area (Å²) in [7, 11) is -4.29. The van der Waals surface area contributed by atoms with Crippen LogP contribution in [-0.2, 0) is 23.0 Å². The molecule has 24 heavy (non-hydrogen) atoms. The van der Waals surface area contributed by atoms with E-state index in [1.54, 1.807) is 0 Å². The highest BCUT2D eigenvalue weighted by Crippen LogP contribution is 2.29. The molecule has 1 aromatic carbocycles. The second-order valence-electron chi connectivity index (χ2n) is 6.83. The lowest BCUT2D eigenvalue weighted by Crippen LogP contribution is -2.37. The lowest BCUT2D eigenvalue weighted by Gasteiger charge is -2.25. The van der Waals surface area contributed by atoms with Crippen LogP contribution in [-0.4, -0.2) is 17.9 Å². The Bertz CT molecular complexity index is 606. The van der Waals surface area contributed by atoms with Gasteiger partial charge < -0.3 is 4.74 Å². The fraction of sp³-hybridized carbons (Fsp3) is 0.684. The van der Waals surface area contributed by atoms with Crippen molar-refractivity contribution >= 4 is 10.1 Å². The summed E-state index contributed by atoms with van der Waals surface area (Å²) in [6, 6.07) is 5.96. The molecule has 0 fully saturated rings. The number of aryl methyl sites for hydroxylation is 2. The zero-order valence-electron chi connectivity index (χ0n) is 15.5. The summed E-state index contributed by atoms with van der Waals surface area (Å²) in [6.45, 7) is 7.07. The van der Waals surface area contributed by atoms with E-state index < -0.39 is 15.1 Å². The maximum Gasteiger partial charge on any atom is 0.305 e. The molecule has 0 aromatic heterocycles. The van der Waals surface area contributed by atoms with Crippen LogP contribution in [0.4, 0.5) is 0 Å². The minimum Gasteiger partial charge on any atom is -0.469 e. The molecular formula is C19H32O4S. The summed E-state index contributed by atoms with van der Waals surface area (Å²) >= 11 is 0. The van der Waals surface area contributed by atoms with Crippen LogP contribution in [0, 0.1) is 0 Å². The minimum atomic E-state index is -4.29. The number of ether oxygens (including phenoxy) is 1. The van der Waals surface area contributed by atoms with Crippen LogP contribution < -0.4 is 4.74 Å². The van der Waals surface area contributed by atoms with Crippen molar-refractivity contribution < 1.29 is 17.7 Å². The molecule has 0 amide bonds. The van der Waals surface area contributed by atoms with Crippen LogP contribution >= 0.6 is 0 Å². The van der Waals surface area contributed by atoms with Gasteiger partial charge in [-0.2, -0.15) is 8.42 Å². The second kappa shape index (κ2) is 9.42. The number of benzene rings is 1. The average Bonchev–Trinajstić information content (AvgIpc) is 2.48. The maximum atomic E-state index is 11.5. The second-order valence-corrected chi connectivity index (χ2v) is 8.77. The predicted molar refractivity (Wildman–Crippen MR) is 99.2 cm³/mol. The van der Waals surface area contributed by atoms with E-state index in [1.807, 2.05) is 12.1 Å². The van der Waals surface area contributed by atoms with Gasteiger partial charge in [-0.15, -0.1) is 0 Å². The Balaban J connectivity index is 2.99. The Hall–Kier alpha value is -1.07. The monoisotopic (exact) mass is 356 g/mol. The van der Waals surface area contributed by atoms with Crippen molar-refractivity contribution in [1.82, 2.24) is 0 Å². The SMILES string of the molecule is CCCCCc1ccc(OC(C)(C)S(=O)(=O)O)c(CCCCC)c1. The highest BCUT2D eigenvalue weighted by atomic mass is 32.2. The molecule has 1 N–H and O–H groups in total. The van der Waals surface area contributed by atoms with Crippen molar-refractivity contribution in [1.29, 1.82) is 0 Å². The molecule has 0 saturated heterocycles. The first kappa shape index (κ1) is 21.0. The lowest BCUT2D eigenvalue weighted by molar-refractivity contribution is 0.177. The molecule has 0 aliphatic carbocycles. The van der Waals surface area contributed by atoms with Crippen LogP contribution in [0.1, 0.15) is 77.3 Å². The first-order valence-corrected chi connectivity index (χ1v) is 10.4. The van der Waals surface area contributed by atoms with Gasteiger partial charge in [0.25, 0.3) is 0 Å². The lowest BCUT2D eigenvalue weighted by atomic mass is 10.00. The van der Waals surface area contributed by atoms with Crippen molar-refractivity contribution in [3.05, 3.63) is 29.3 Å². The molecule has 1 rings (SSSR count). The third kappa shape index (κ3) is 6.44. The van der Waals surface area contributed by atoms with Crippen molar-refractivity contribution in [3.63, 3.8) is 0 Å². The highest BCUT2D eigenvalue weighted by Gasteiger charge is 2.35. The predicted octanol–water partition coefficient (Wildman–Crippen LogP) is 5.15. The number of hydrogen-bond acceptors (Lipinski definition) is 3. The fourth-order valence-corrected chi connectivity index (χ4v) is 2.74. The smallest absolute Gasteiger partial charge is 0.305 e. The molecular weight excluding hydrogens is 324 g/mol. The van der Waals surface area contributed by atoms with E-state index in [1.165, 1.54) is 32.3 Å². The molecule has 0 bridgehead atoms. The summed E-state index contributed by atoms with van der Waals surface area (Å²) in [4.78, 5) is -1.66. The maximum absolute atomic E-state index is 11.5. The largest absolute Gasteiger partial charge is 0.469 e. The van der Waals surface area contributed by atoms with Gasteiger partial charge in [0.15, 0.2) is 0 Å². The summed E-state index contributed by atoms with van der Waals surface area (Å²) in [6.07, 6.45) is 8.72. The first-order chi connectivity index (χ1) is 11.2. The quantitative estimate of drug-likeness (QED) is 0.440. The molecule has 0 spiro atoms. The topological polar surface area (TPSA) is 63.6 Å². The normalized spacial score (nSPS) is 12.4. The van der Waals surface area contributed by atoms with Crippen molar-refractivity contribution in [2.24, 2.45) is 0 Å². The van der Waals surface area contributed by atoms with Crippen molar-refractivity contribution in [2.45, 2.75) is 84.0 Å². The Morgan fingerprint density at radius 3 is 2.12 bits per heavy atom. The van der Waals surface area contributed by atoms with E-state index in [9.17, 15) is 13.0 Å². The third-order valence-electron chi connectivity index (χ3n) is 4.22. The number of unbranched alkanes of at least 4 members (excludes halogenated alkanes) is 4. The first-order valence-electron chi connectivity index (χ1n) is 8.99. The van der Waals surface area contributed by atoms with Gasteiger partial charge in [0.2, 0.25) is 4.93 Å². The summed E-state index contributed by atoms with van der Waals surface area (Å²) in [5.74, 6) is 0.549. The van der Waals surface area contributed by atoms with E-state index >= 15 is 0 Å². The third-order valence-corrected chi connectivity index (χ3v) is 5.55. The van der Waals surface area contributed by atoms with E-state index in [0.717, 1.165) is 44.1 Å². The Labute approximate surface area is 147 Å². The van der Waals surface area contributed by atoms with Crippen LogP contribution in [0.5, 0.6) is 5.75 Å². The van der Waals surface area contributed by atoms with Gasteiger partial charge in [0.1, 0.15) is 5.75 Å². The van der Waals surface area contributed by atoms with E-state index in [0.29, 0.717) is 5.75 Å². The van der Waals surface area contributed by atoms with E-state index in [4.69, 9.17) is 4.74 Å². The molecule has 1 aromatic rings. The number of rotatable bonds is 11. The van der Waals surface area contributed by atoms with Gasteiger partial charge in [0.05, 0.1) is 0 Å². The molecule has 0 radical (unpaired) electrons. The minimum absolute atomic E-state index is 0.549. The molecule has 0 unspecified atom stereocenters. The van der Waals surface area contributed by atoms with Gasteiger partial charge in [-0.05, 0) is 56.7 Å². The Morgan fingerprint density at radius 2 is 1.58 bits per heavy atom. The summed E-state index contributed by atoms with van der Waals surface area (Å²) in [5, 5.41) is 0. The molecule has 5 heteroatoms. The van der Waals surface area contributed by atoms with Gasteiger partial charge in [0, 0.05) is 0 Å². The van der Waals surface area contributed by atoms with E-state index in [2.05, 4.69) is 19.9 Å². The highest BCUT2D eigenvalue weighted by molar-refractivity contribution is 7.87. The van der Waals surface area contributed by atoms with E-state index in [-0.39, 0.29) is 0 Å². The Morgan fingerprint density at radius 1 is 1.00 bits per heavy atom. The molecule has 0 saturated carbocycles. The molecule has 4 nitrogen and oxygen atoms in total. The number of hydrogen-bond donors (Lipinski definition) is 1. The van der Waals surface area contributed by atoms with Crippen LogP contribution in [0.25, 0.3) is 0 Å². The zero-order chi connectivity index (χ0) is 18.2. The van der Waals surface area contributed by atoms with Crippen LogP contribution in [0.2, 0.25) is 0 Å². The molecule has 138 valence electrons.